The van der Waals surface area contributed by atoms with Gasteiger partial charge in [0.05, 0.1) is 10.1 Å². The van der Waals surface area contributed by atoms with E-state index >= 15 is 0 Å². The van der Waals surface area contributed by atoms with Crippen LogP contribution in [-0.4, -0.2) is 19.5 Å². The molecule has 0 amide bonds. The Morgan fingerprint density at radius 1 is 1.00 bits per heavy atom. The summed E-state index contributed by atoms with van der Waals surface area (Å²) in [4.78, 5) is 12.5. The van der Waals surface area contributed by atoms with Crippen LogP contribution < -0.4 is 0 Å². The van der Waals surface area contributed by atoms with Crippen LogP contribution in [0.4, 0.5) is 0 Å². The van der Waals surface area contributed by atoms with E-state index in [1.165, 1.54) is 12.1 Å². The highest BCUT2D eigenvalue weighted by Crippen LogP contribution is 2.42. The Bertz CT molecular complexity index is 767. The minimum atomic E-state index is -3.46. The smallest absolute Gasteiger partial charge is 0.181 e. The van der Waals surface area contributed by atoms with E-state index in [1.807, 2.05) is 6.07 Å². The monoisotopic (exact) mass is 320 g/mol. The molecule has 1 aliphatic carbocycles. The first-order valence-electron chi connectivity index (χ1n) is 6.59. The second-order valence-corrected chi connectivity index (χ2v) is 7.71. The van der Waals surface area contributed by atoms with Gasteiger partial charge < -0.3 is 0 Å². The number of hydrogen-bond acceptors (Lipinski definition) is 3. The topological polar surface area (TPSA) is 51.2 Å². The van der Waals surface area contributed by atoms with E-state index in [0.29, 0.717) is 17.0 Å². The Hall–Kier alpha value is -1.65. The summed E-state index contributed by atoms with van der Waals surface area (Å²) in [5.41, 5.74) is 0.566. The Balaban J connectivity index is 1.81. The molecule has 3 nitrogen and oxygen atoms in total. The van der Waals surface area contributed by atoms with Crippen molar-refractivity contribution in [1.82, 2.24) is 0 Å². The molecule has 2 atom stereocenters. The van der Waals surface area contributed by atoms with E-state index in [1.54, 1.807) is 36.4 Å². The molecule has 0 radical (unpaired) electrons. The quantitative estimate of drug-likeness (QED) is 0.811. The summed E-state index contributed by atoms with van der Waals surface area (Å²) in [7, 11) is -3.46. The van der Waals surface area contributed by atoms with E-state index in [2.05, 4.69) is 0 Å². The van der Waals surface area contributed by atoms with Gasteiger partial charge in [-0.2, -0.15) is 0 Å². The SMILES string of the molecule is O=C(c1ccccc1)[C@@H]1C[C@H]1S(=O)(=O)c1ccc(Cl)cc1. The van der Waals surface area contributed by atoms with Gasteiger partial charge in [0, 0.05) is 16.5 Å². The van der Waals surface area contributed by atoms with E-state index in [-0.39, 0.29) is 10.7 Å². The molecule has 0 aliphatic heterocycles. The third kappa shape index (κ3) is 2.74. The number of carbonyl (C=O) groups excluding carboxylic acids is 1. The van der Waals surface area contributed by atoms with E-state index in [0.717, 1.165) is 0 Å². The maximum Gasteiger partial charge on any atom is 0.181 e. The average Bonchev–Trinajstić information content (AvgIpc) is 3.29. The minimum absolute atomic E-state index is 0.0989. The molecule has 0 unspecified atom stereocenters. The summed E-state index contributed by atoms with van der Waals surface area (Å²) >= 11 is 5.77. The second kappa shape index (κ2) is 5.28. The zero-order valence-corrected chi connectivity index (χ0v) is 12.6. The van der Waals surface area contributed by atoms with E-state index < -0.39 is 21.0 Å². The molecule has 2 aromatic rings. The predicted octanol–water partition coefficient (Wildman–Crippen LogP) is 3.39. The summed E-state index contributed by atoms with van der Waals surface area (Å²) in [6, 6.07) is 14.9. The normalized spacial score (nSPS) is 21.0. The number of halogens is 1. The molecule has 21 heavy (non-hydrogen) atoms. The summed E-state index contributed by atoms with van der Waals surface area (Å²) in [5, 5.41) is -0.131. The van der Waals surface area contributed by atoms with Crippen molar-refractivity contribution in [3.8, 4) is 0 Å². The van der Waals surface area contributed by atoms with Crippen LogP contribution in [0.2, 0.25) is 5.02 Å². The van der Waals surface area contributed by atoms with Crippen molar-refractivity contribution in [2.24, 2.45) is 5.92 Å². The molecule has 1 saturated carbocycles. The van der Waals surface area contributed by atoms with Crippen LogP contribution in [0.1, 0.15) is 16.8 Å². The molecule has 0 N–H and O–H groups in total. The summed E-state index contributed by atoms with van der Waals surface area (Å²) < 4.78 is 24.9. The molecule has 0 saturated heterocycles. The van der Waals surface area contributed by atoms with Gasteiger partial charge in [0.1, 0.15) is 0 Å². The average molecular weight is 321 g/mol. The van der Waals surface area contributed by atoms with Crippen LogP contribution in [0, 0.1) is 5.92 Å². The van der Waals surface area contributed by atoms with Gasteiger partial charge in [0.25, 0.3) is 0 Å². The van der Waals surface area contributed by atoms with Gasteiger partial charge >= 0.3 is 0 Å². The first-order valence-corrected chi connectivity index (χ1v) is 8.51. The number of hydrogen-bond donors (Lipinski definition) is 0. The predicted molar refractivity (Wildman–Crippen MR) is 81.3 cm³/mol. The molecule has 0 bridgehead atoms. The summed E-state index contributed by atoms with van der Waals surface area (Å²) in [5.74, 6) is -0.536. The third-order valence-electron chi connectivity index (χ3n) is 3.67. The first kappa shape index (κ1) is 14.3. The highest BCUT2D eigenvalue weighted by Gasteiger charge is 2.51. The van der Waals surface area contributed by atoms with Crippen molar-refractivity contribution in [3.63, 3.8) is 0 Å². The van der Waals surface area contributed by atoms with Crippen molar-refractivity contribution >= 4 is 27.2 Å². The molecule has 0 spiro atoms. The maximum atomic E-state index is 12.5. The molecule has 2 aromatic carbocycles. The maximum absolute atomic E-state index is 12.5. The highest BCUT2D eigenvalue weighted by molar-refractivity contribution is 7.92. The van der Waals surface area contributed by atoms with Crippen molar-refractivity contribution in [1.29, 1.82) is 0 Å². The van der Waals surface area contributed by atoms with Crippen LogP contribution in [0.3, 0.4) is 0 Å². The number of sulfone groups is 1. The number of benzene rings is 2. The van der Waals surface area contributed by atoms with Gasteiger partial charge in [-0.05, 0) is 30.7 Å². The molecule has 3 rings (SSSR count). The molecular formula is C16H13ClO3S. The van der Waals surface area contributed by atoms with Gasteiger partial charge in [-0.3, -0.25) is 4.79 Å². The summed E-state index contributed by atoms with van der Waals surface area (Å²) in [6.07, 6.45) is 0.388. The lowest BCUT2D eigenvalue weighted by Crippen LogP contribution is -2.13. The number of carbonyl (C=O) groups is 1. The highest BCUT2D eigenvalue weighted by atomic mass is 35.5. The van der Waals surface area contributed by atoms with Crippen molar-refractivity contribution < 1.29 is 13.2 Å². The lowest BCUT2D eigenvalue weighted by molar-refractivity contribution is 0.0968. The largest absolute Gasteiger partial charge is 0.294 e. The fraction of sp³-hybridized carbons (Fsp3) is 0.188. The molecule has 0 aromatic heterocycles. The molecule has 5 heteroatoms. The lowest BCUT2D eigenvalue weighted by atomic mass is 10.1. The summed E-state index contributed by atoms with van der Waals surface area (Å²) in [6.45, 7) is 0. The lowest BCUT2D eigenvalue weighted by Gasteiger charge is -2.04. The molecule has 108 valence electrons. The van der Waals surface area contributed by atoms with Crippen LogP contribution in [-0.2, 0) is 9.84 Å². The molecular weight excluding hydrogens is 308 g/mol. The van der Waals surface area contributed by atoms with Crippen LogP contribution in [0.15, 0.2) is 59.5 Å². The second-order valence-electron chi connectivity index (χ2n) is 5.11. The molecule has 1 fully saturated rings. The van der Waals surface area contributed by atoms with Gasteiger partial charge in [-0.15, -0.1) is 0 Å². The fourth-order valence-corrected chi connectivity index (χ4v) is 4.41. The third-order valence-corrected chi connectivity index (χ3v) is 6.17. The standard InChI is InChI=1S/C16H13ClO3S/c17-12-6-8-13(9-7-12)21(19,20)15-10-14(15)16(18)11-4-2-1-3-5-11/h1-9,14-15H,10H2/t14-,15-/m1/s1. The number of ketones is 1. The number of rotatable bonds is 4. The Labute approximate surface area is 128 Å². The Kier molecular flexibility index (Phi) is 3.59. The van der Waals surface area contributed by atoms with E-state index in [4.69, 9.17) is 11.6 Å². The molecule has 0 heterocycles. The molecule has 1 aliphatic rings. The van der Waals surface area contributed by atoms with Gasteiger partial charge in [-0.1, -0.05) is 41.9 Å². The van der Waals surface area contributed by atoms with Crippen molar-refractivity contribution in [2.75, 3.05) is 0 Å². The first-order chi connectivity index (χ1) is 10.00. The van der Waals surface area contributed by atoms with Crippen LogP contribution >= 0.6 is 11.6 Å². The Morgan fingerprint density at radius 2 is 1.62 bits per heavy atom. The fourth-order valence-electron chi connectivity index (χ4n) is 2.41. The number of Topliss-reactive ketones (excluding diaryl/α,β-unsaturated/α-hetero) is 1. The zero-order valence-electron chi connectivity index (χ0n) is 11.1. The van der Waals surface area contributed by atoms with Crippen molar-refractivity contribution in [3.05, 3.63) is 65.2 Å². The van der Waals surface area contributed by atoms with Crippen molar-refractivity contribution in [2.45, 2.75) is 16.6 Å². The van der Waals surface area contributed by atoms with Gasteiger partial charge in [0.15, 0.2) is 15.6 Å². The Morgan fingerprint density at radius 3 is 2.24 bits per heavy atom. The van der Waals surface area contributed by atoms with Gasteiger partial charge in [0.2, 0.25) is 0 Å². The van der Waals surface area contributed by atoms with Gasteiger partial charge in [-0.25, -0.2) is 8.42 Å². The van der Waals surface area contributed by atoms with Crippen LogP contribution in [0.5, 0.6) is 0 Å². The van der Waals surface area contributed by atoms with Crippen LogP contribution in [0.25, 0.3) is 0 Å². The minimum Gasteiger partial charge on any atom is -0.294 e. The van der Waals surface area contributed by atoms with E-state index in [9.17, 15) is 13.2 Å². The zero-order chi connectivity index (χ0) is 15.0.